The average molecular weight is 512 g/mol. The third-order valence-electron chi connectivity index (χ3n) is 4.31. The highest BCUT2D eigenvalue weighted by Gasteiger charge is 2.37. The number of ether oxygens (including phenoxy) is 2. The van der Waals surface area contributed by atoms with Crippen LogP contribution in [-0.2, 0) is 28.2 Å². The SMILES string of the molecule is CC(C)(C)OC(=O)CCC(CP(=O)(CNC(=O)c1ccccc1)OC(C)(C)C)C(=O)OC(C)(C)C. The number of benzene rings is 1. The number of hydrogen-bond donors (Lipinski definition) is 1. The third kappa shape index (κ3) is 13.5. The van der Waals surface area contributed by atoms with E-state index in [0.717, 1.165) is 0 Å². The Balaban J connectivity index is 3.11. The van der Waals surface area contributed by atoms with Crippen molar-refractivity contribution in [1.29, 1.82) is 0 Å². The Morgan fingerprint density at radius 1 is 0.857 bits per heavy atom. The van der Waals surface area contributed by atoms with Gasteiger partial charge in [-0.05, 0) is 80.9 Å². The van der Waals surface area contributed by atoms with E-state index in [-0.39, 0.29) is 25.3 Å². The molecule has 198 valence electrons. The molecule has 0 aliphatic carbocycles. The summed E-state index contributed by atoms with van der Waals surface area (Å²) in [6, 6.07) is 8.55. The first kappa shape index (κ1) is 30.9. The Hall–Kier alpha value is -2.18. The molecular weight excluding hydrogens is 469 g/mol. The highest BCUT2D eigenvalue weighted by atomic mass is 31.2. The molecule has 1 aromatic rings. The predicted molar refractivity (Wildman–Crippen MR) is 137 cm³/mol. The molecule has 0 fully saturated rings. The second-order valence-corrected chi connectivity index (χ2v) is 14.1. The lowest BCUT2D eigenvalue weighted by Crippen LogP contribution is -2.34. The summed E-state index contributed by atoms with van der Waals surface area (Å²) in [6.07, 6.45) is -0.415. The van der Waals surface area contributed by atoms with Gasteiger partial charge in [-0.1, -0.05) is 18.2 Å². The van der Waals surface area contributed by atoms with Crippen LogP contribution < -0.4 is 5.32 Å². The minimum atomic E-state index is -3.58. The van der Waals surface area contributed by atoms with Crippen molar-refractivity contribution in [2.45, 2.75) is 92.0 Å². The summed E-state index contributed by atoms with van der Waals surface area (Å²) in [7, 11) is -3.58. The maximum atomic E-state index is 14.0. The van der Waals surface area contributed by atoms with Crippen LogP contribution in [0.1, 0.15) is 85.5 Å². The zero-order chi connectivity index (χ0) is 27.1. The third-order valence-corrected chi connectivity index (χ3v) is 6.83. The molecular formula is C26H42NO7P. The van der Waals surface area contributed by atoms with Crippen molar-refractivity contribution in [1.82, 2.24) is 5.32 Å². The highest BCUT2D eigenvalue weighted by molar-refractivity contribution is 7.59. The molecule has 0 radical (unpaired) electrons. The van der Waals surface area contributed by atoms with Crippen LogP contribution in [0.2, 0.25) is 0 Å². The molecule has 0 heterocycles. The van der Waals surface area contributed by atoms with Gasteiger partial charge < -0.3 is 19.3 Å². The van der Waals surface area contributed by atoms with Gasteiger partial charge in [0, 0.05) is 18.1 Å². The topological polar surface area (TPSA) is 108 Å². The predicted octanol–water partition coefficient (Wildman–Crippen LogP) is 5.55. The van der Waals surface area contributed by atoms with Crippen molar-refractivity contribution in [2.24, 2.45) is 5.92 Å². The van der Waals surface area contributed by atoms with Crippen molar-refractivity contribution in [3.05, 3.63) is 35.9 Å². The first-order chi connectivity index (χ1) is 15.8. The van der Waals surface area contributed by atoms with Gasteiger partial charge in [0.05, 0.1) is 17.8 Å². The average Bonchev–Trinajstić information content (AvgIpc) is 2.66. The van der Waals surface area contributed by atoms with Crippen LogP contribution in [0.25, 0.3) is 0 Å². The van der Waals surface area contributed by atoms with Crippen LogP contribution in [0.3, 0.4) is 0 Å². The second-order valence-electron chi connectivity index (χ2n) is 11.6. The lowest BCUT2D eigenvalue weighted by Gasteiger charge is -2.31. The lowest BCUT2D eigenvalue weighted by molar-refractivity contribution is -0.160. The van der Waals surface area contributed by atoms with E-state index < -0.39 is 47.9 Å². The molecule has 0 bridgehead atoms. The minimum Gasteiger partial charge on any atom is -0.460 e. The van der Waals surface area contributed by atoms with Gasteiger partial charge in [-0.25, -0.2) is 0 Å². The number of carbonyl (C=O) groups excluding carboxylic acids is 3. The number of nitrogens with one attached hydrogen (secondary N) is 1. The molecule has 0 spiro atoms. The Bertz CT molecular complexity index is 908. The van der Waals surface area contributed by atoms with E-state index in [1.54, 1.807) is 92.6 Å². The minimum absolute atomic E-state index is 0.0485. The lowest BCUT2D eigenvalue weighted by atomic mass is 10.0. The van der Waals surface area contributed by atoms with E-state index in [1.807, 2.05) is 0 Å². The van der Waals surface area contributed by atoms with Crippen molar-refractivity contribution in [3.63, 3.8) is 0 Å². The molecule has 35 heavy (non-hydrogen) atoms. The van der Waals surface area contributed by atoms with Crippen LogP contribution in [0.4, 0.5) is 0 Å². The van der Waals surface area contributed by atoms with E-state index in [1.165, 1.54) is 0 Å². The second kappa shape index (κ2) is 12.2. The molecule has 0 saturated carbocycles. The summed E-state index contributed by atoms with van der Waals surface area (Å²) >= 11 is 0. The molecule has 8 nitrogen and oxygen atoms in total. The van der Waals surface area contributed by atoms with Crippen molar-refractivity contribution < 1.29 is 32.9 Å². The Morgan fingerprint density at radius 2 is 1.40 bits per heavy atom. The maximum Gasteiger partial charge on any atom is 0.310 e. The Kier molecular flexibility index (Phi) is 10.7. The quantitative estimate of drug-likeness (QED) is 0.324. The van der Waals surface area contributed by atoms with Gasteiger partial charge in [0.1, 0.15) is 11.2 Å². The summed E-state index contributed by atoms with van der Waals surface area (Å²) in [5, 5.41) is 2.68. The van der Waals surface area contributed by atoms with E-state index in [4.69, 9.17) is 14.0 Å². The van der Waals surface area contributed by atoms with Crippen LogP contribution >= 0.6 is 7.37 Å². The normalized spacial score (nSPS) is 15.0. The molecule has 9 heteroatoms. The van der Waals surface area contributed by atoms with Gasteiger partial charge in [0.2, 0.25) is 7.37 Å². The van der Waals surface area contributed by atoms with E-state index in [2.05, 4.69) is 5.32 Å². The fourth-order valence-corrected chi connectivity index (χ4v) is 5.86. The molecule has 1 amide bonds. The van der Waals surface area contributed by atoms with Gasteiger partial charge in [-0.3, -0.25) is 18.9 Å². The van der Waals surface area contributed by atoms with Crippen molar-refractivity contribution in [3.8, 4) is 0 Å². The number of amides is 1. The summed E-state index contributed by atoms with van der Waals surface area (Å²) in [5.74, 6) is -2.32. The van der Waals surface area contributed by atoms with Crippen LogP contribution in [0, 0.1) is 5.92 Å². The molecule has 0 aliphatic heterocycles. The molecule has 1 N–H and O–H groups in total. The molecule has 2 unspecified atom stereocenters. The molecule has 0 saturated heterocycles. The summed E-state index contributed by atoms with van der Waals surface area (Å²) in [6.45, 7) is 15.8. The number of rotatable bonds is 10. The molecule has 0 aromatic heterocycles. The van der Waals surface area contributed by atoms with Crippen LogP contribution in [-0.4, -0.2) is 47.1 Å². The Labute approximate surface area is 209 Å². The summed E-state index contributed by atoms with van der Waals surface area (Å²) in [5.41, 5.74) is -1.80. The smallest absolute Gasteiger partial charge is 0.310 e. The largest absolute Gasteiger partial charge is 0.460 e. The van der Waals surface area contributed by atoms with Crippen molar-refractivity contribution >= 4 is 25.2 Å². The Morgan fingerprint density at radius 3 is 1.89 bits per heavy atom. The maximum absolute atomic E-state index is 14.0. The highest BCUT2D eigenvalue weighted by Crippen LogP contribution is 2.51. The first-order valence-electron chi connectivity index (χ1n) is 11.9. The van der Waals surface area contributed by atoms with Gasteiger partial charge in [0.25, 0.3) is 5.91 Å². The van der Waals surface area contributed by atoms with E-state index in [9.17, 15) is 18.9 Å². The van der Waals surface area contributed by atoms with Crippen LogP contribution in [0.5, 0.6) is 0 Å². The van der Waals surface area contributed by atoms with Gasteiger partial charge >= 0.3 is 11.9 Å². The van der Waals surface area contributed by atoms with Gasteiger partial charge in [0.15, 0.2) is 0 Å². The van der Waals surface area contributed by atoms with Crippen LogP contribution in [0.15, 0.2) is 30.3 Å². The van der Waals surface area contributed by atoms with Gasteiger partial charge in [-0.15, -0.1) is 0 Å². The fraction of sp³-hybridized carbons (Fsp3) is 0.654. The molecule has 2 atom stereocenters. The number of carbonyl (C=O) groups is 3. The van der Waals surface area contributed by atoms with E-state index >= 15 is 0 Å². The fourth-order valence-electron chi connectivity index (χ4n) is 3.21. The first-order valence-corrected chi connectivity index (χ1v) is 13.8. The summed E-state index contributed by atoms with van der Waals surface area (Å²) in [4.78, 5) is 37.9. The standard InChI is InChI=1S/C26H42NO7P/c1-24(2,3)32-21(28)16-15-20(23(30)33-25(4,5)6)17-35(31,34-26(7,8)9)18-27-22(29)19-13-11-10-12-14-19/h10-14,20H,15-18H2,1-9H3,(H,27,29). The monoisotopic (exact) mass is 511 g/mol. The number of esters is 2. The molecule has 0 aliphatic rings. The molecule has 1 rings (SSSR count). The van der Waals surface area contributed by atoms with Crippen molar-refractivity contribution in [2.75, 3.05) is 12.4 Å². The van der Waals surface area contributed by atoms with E-state index in [0.29, 0.717) is 5.56 Å². The zero-order valence-corrected chi connectivity index (χ0v) is 23.5. The zero-order valence-electron chi connectivity index (χ0n) is 22.6. The number of hydrogen-bond acceptors (Lipinski definition) is 7. The van der Waals surface area contributed by atoms with Gasteiger partial charge in [-0.2, -0.15) is 0 Å². The summed E-state index contributed by atoms with van der Waals surface area (Å²) < 4.78 is 30.8. The molecule has 1 aromatic carbocycles.